The highest BCUT2D eigenvalue weighted by molar-refractivity contribution is 7.15. The van der Waals surface area contributed by atoms with Crippen molar-refractivity contribution in [2.24, 2.45) is 0 Å². The summed E-state index contributed by atoms with van der Waals surface area (Å²) in [4.78, 5) is 23.9. The molecule has 1 heterocycles. The zero-order valence-corrected chi connectivity index (χ0v) is 14.7. The minimum absolute atomic E-state index is 0.0247. The molecule has 144 valence electrons. The predicted molar refractivity (Wildman–Crippen MR) is 96.1 cm³/mol. The van der Waals surface area contributed by atoms with E-state index in [9.17, 15) is 32.3 Å². The van der Waals surface area contributed by atoms with Crippen molar-refractivity contribution in [1.82, 2.24) is 0 Å². The van der Waals surface area contributed by atoms with Crippen LogP contribution in [0.15, 0.2) is 53.9 Å². The van der Waals surface area contributed by atoms with Crippen LogP contribution < -0.4 is 5.32 Å². The van der Waals surface area contributed by atoms with Gasteiger partial charge in [0.2, 0.25) is 0 Å². The highest BCUT2D eigenvalue weighted by Gasteiger charge is 2.30. The number of carboxylic acids is 1. The van der Waals surface area contributed by atoms with Gasteiger partial charge in [0.05, 0.1) is 5.56 Å². The number of hydrogen-bond acceptors (Lipinski definition) is 3. The monoisotopic (exact) mass is 409 g/mol. The Hall–Kier alpha value is -3.20. The second-order valence-corrected chi connectivity index (χ2v) is 6.57. The lowest BCUT2D eigenvalue weighted by Gasteiger charge is -2.08. The average Bonchev–Trinajstić information content (AvgIpc) is 3.05. The zero-order valence-electron chi connectivity index (χ0n) is 13.9. The summed E-state index contributed by atoms with van der Waals surface area (Å²) in [7, 11) is 0. The molecule has 0 radical (unpaired) electrons. The number of benzene rings is 2. The lowest BCUT2D eigenvalue weighted by molar-refractivity contribution is -0.137. The normalized spacial score (nSPS) is 11.3. The van der Waals surface area contributed by atoms with Crippen molar-refractivity contribution in [3.63, 3.8) is 0 Å². The maximum absolute atomic E-state index is 13.0. The second kappa shape index (κ2) is 7.43. The number of nitrogens with one attached hydrogen (secondary N) is 1. The molecule has 0 spiro atoms. The fourth-order valence-electron chi connectivity index (χ4n) is 2.49. The van der Waals surface area contributed by atoms with Crippen LogP contribution >= 0.6 is 11.3 Å². The highest BCUT2D eigenvalue weighted by Crippen LogP contribution is 2.37. The van der Waals surface area contributed by atoms with Crippen molar-refractivity contribution >= 4 is 28.2 Å². The van der Waals surface area contributed by atoms with Crippen LogP contribution in [0.1, 0.15) is 26.3 Å². The number of halogens is 4. The number of carboxylic acid groups (broad SMARTS) is 1. The number of rotatable bonds is 4. The van der Waals surface area contributed by atoms with E-state index in [1.165, 1.54) is 29.6 Å². The van der Waals surface area contributed by atoms with Crippen LogP contribution in [0.4, 0.5) is 22.6 Å². The molecule has 0 unspecified atom stereocenters. The van der Waals surface area contributed by atoms with Crippen LogP contribution in [0, 0.1) is 5.82 Å². The average molecular weight is 409 g/mol. The third-order valence-corrected chi connectivity index (χ3v) is 4.76. The van der Waals surface area contributed by atoms with E-state index in [1.807, 2.05) is 0 Å². The Labute approximate surface area is 160 Å². The fraction of sp³-hybridized carbons (Fsp3) is 0.0526. The summed E-state index contributed by atoms with van der Waals surface area (Å²) < 4.78 is 51.1. The number of carbonyl (C=O) groups is 2. The molecule has 0 fully saturated rings. The maximum Gasteiger partial charge on any atom is 0.416 e. The summed E-state index contributed by atoms with van der Waals surface area (Å²) in [6.45, 7) is 0. The first-order valence-corrected chi connectivity index (χ1v) is 8.64. The van der Waals surface area contributed by atoms with Gasteiger partial charge in [0.1, 0.15) is 16.4 Å². The van der Waals surface area contributed by atoms with E-state index < -0.39 is 29.4 Å². The lowest BCUT2D eigenvalue weighted by Crippen LogP contribution is -2.13. The fourth-order valence-corrected chi connectivity index (χ4v) is 3.45. The molecule has 2 aromatic carbocycles. The Kier molecular flexibility index (Phi) is 5.19. The standard InChI is InChI=1S/C19H11F4NO3S/c20-13-7-3-11(4-8-13)16(25)24-17-15(18(26)27)14(9-28-17)10-1-5-12(6-2-10)19(21,22)23/h1-9H,(H,24,25)(H,26,27). The predicted octanol–water partition coefficient (Wildman–Crippen LogP) is 5.52. The number of aromatic carboxylic acids is 1. The van der Waals surface area contributed by atoms with Gasteiger partial charge in [-0.05, 0) is 42.0 Å². The molecule has 0 aliphatic heterocycles. The Morgan fingerprint density at radius 2 is 1.57 bits per heavy atom. The van der Waals surface area contributed by atoms with Crippen LogP contribution in [0.3, 0.4) is 0 Å². The van der Waals surface area contributed by atoms with Gasteiger partial charge in [0.15, 0.2) is 0 Å². The molecular weight excluding hydrogens is 398 g/mol. The molecule has 2 N–H and O–H groups in total. The summed E-state index contributed by atoms with van der Waals surface area (Å²) in [5, 5.41) is 13.4. The van der Waals surface area contributed by atoms with E-state index in [4.69, 9.17) is 0 Å². The molecule has 3 aromatic rings. The van der Waals surface area contributed by atoms with Crippen molar-refractivity contribution in [3.8, 4) is 11.1 Å². The molecule has 0 bridgehead atoms. The summed E-state index contributed by atoms with van der Waals surface area (Å²) in [6.07, 6.45) is -4.50. The van der Waals surface area contributed by atoms with Crippen molar-refractivity contribution in [2.45, 2.75) is 6.18 Å². The molecule has 4 nitrogen and oxygen atoms in total. The van der Waals surface area contributed by atoms with Gasteiger partial charge in [-0.25, -0.2) is 9.18 Å². The molecule has 3 rings (SSSR count). The van der Waals surface area contributed by atoms with Gasteiger partial charge in [-0.1, -0.05) is 12.1 Å². The third kappa shape index (κ3) is 4.04. The number of alkyl halides is 3. The third-order valence-electron chi connectivity index (χ3n) is 3.86. The second-order valence-electron chi connectivity index (χ2n) is 5.69. The Morgan fingerprint density at radius 1 is 0.964 bits per heavy atom. The molecule has 1 amide bonds. The maximum atomic E-state index is 13.0. The van der Waals surface area contributed by atoms with Crippen molar-refractivity contribution in [3.05, 3.63) is 76.4 Å². The van der Waals surface area contributed by atoms with E-state index in [-0.39, 0.29) is 27.3 Å². The minimum atomic E-state index is -4.50. The van der Waals surface area contributed by atoms with E-state index in [2.05, 4.69) is 5.32 Å². The van der Waals surface area contributed by atoms with Gasteiger partial charge in [-0.3, -0.25) is 4.79 Å². The van der Waals surface area contributed by atoms with E-state index in [0.29, 0.717) is 0 Å². The molecule has 0 aliphatic carbocycles. The SMILES string of the molecule is O=C(Nc1scc(-c2ccc(C(F)(F)F)cc2)c1C(=O)O)c1ccc(F)cc1. The quantitative estimate of drug-likeness (QED) is 0.558. The summed E-state index contributed by atoms with van der Waals surface area (Å²) in [6, 6.07) is 8.73. The molecule has 0 atom stereocenters. The number of carbonyl (C=O) groups excluding carboxylic acids is 1. The van der Waals surface area contributed by atoms with Crippen LogP contribution in [-0.4, -0.2) is 17.0 Å². The Balaban J connectivity index is 1.93. The highest BCUT2D eigenvalue weighted by atomic mass is 32.1. The van der Waals surface area contributed by atoms with Gasteiger partial charge >= 0.3 is 12.1 Å². The van der Waals surface area contributed by atoms with Gasteiger partial charge in [0, 0.05) is 16.5 Å². The minimum Gasteiger partial charge on any atom is -0.478 e. The molecule has 1 aromatic heterocycles. The van der Waals surface area contributed by atoms with Gasteiger partial charge < -0.3 is 10.4 Å². The lowest BCUT2D eigenvalue weighted by atomic mass is 10.0. The van der Waals surface area contributed by atoms with Crippen molar-refractivity contribution < 1.29 is 32.3 Å². The Morgan fingerprint density at radius 3 is 2.11 bits per heavy atom. The molecular formula is C19H11F4NO3S. The van der Waals surface area contributed by atoms with Crippen molar-refractivity contribution in [1.29, 1.82) is 0 Å². The summed E-state index contributed by atoms with van der Waals surface area (Å²) in [5.41, 5.74) is -0.514. The first-order valence-electron chi connectivity index (χ1n) is 7.76. The summed E-state index contributed by atoms with van der Waals surface area (Å²) in [5.74, 6) is -2.50. The molecule has 0 aliphatic rings. The molecule has 28 heavy (non-hydrogen) atoms. The molecule has 0 saturated carbocycles. The van der Waals surface area contributed by atoms with Crippen LogP contribution in [0.2, 0.25) is 0 Å². The zero-order chi connectivity index (χ0) is 20.5. The van der Waals surface area contributed by atoms with E-state index in [1.54, 1.807) is 0 Å². The number of hydrogen-bond donors (Lipinski definition) is 2. The van der Waals surface area contributed by atoms with E-state index in [0.717, 1.165) is 35.6 Å². The smallest absolute Gasteiger partial charge is 0.416 e. The first kappa shape index (κ1) is 19.6. The van der Waals surface area contributed by atoms with Gasteiger partial charge in [-0.15, -0.1) is 11.3 Å². The van der Waals surface area contributed by atoms with Gasteiger partial charge in [0.25, 0.3) is 5.91 Å². The summed E-state index contributed by atoms with van der Waals surface area (Å²) >= 11 is 0.926. The number of anilines is 1. The van der Waals surface area contributed by atoms with Crippen molar-refractivity contribution in [2.75, 3.05) is 5.32 Å². The number of thiophene rings is 1. The number of amides is 1. The first-order chi connectivity index (χ1) is 13.2. The topological polar surface area (TPSA) is 66.4 Å². The molecule has 9 heteroatoms. The van der Waals surface area contributed by atoms with Crippen LogP contribution in [-0.2, 0) is 6.18 Å². The molecule has 0 saturated heterocycles. The van der Waals surface area contributed by atoms with E-state index >= 15 is 0 Å². The van der Waals surface area contributed by atoms with Crippen LogP contribution in [0.25, 0.3) is 11.1 Å². The van der Waals surface area contributed by atoms with Crippen LogP contribution in [0.5, 0.6) is 0 Å². The largest absolute Gasteiger partial charge is 0.478 e. The Bertz CT molecular complexity index is 1020. The van der Waals surface area contributed by atoms with Gasteiger partial charge in [-0.2, -0.15) is 13.2 Å².